The molecule has 118 valence electrons. The first kappa shape index (κ1) is 18.9. The molecule has 20 heavy (non-hydrogen) atoms. The van der Waals surface area contributed by atoms with Crippen LogP contribution in [-0.4, -0.2) is 29.1 Å². The van der Waals surface area contributed by atoms with Crippen molar-refractivity contribution in [2.75, 3.05) is 0 Å². The second kappa shape index (κ2) is 8.25. The quantitative estimate of drug-likeness (QED) is 0.637. The lowest BCUT2D eigenvalue weighted by Gasteiger charge is -2.27. The number of carbonyl (C=O) groups excluding carboxylic acids is 1. The van der Waals surface area contributed by atoms with Gasteiger partial charge < -0.3 is 16.2 Å². The summed E-state index contributed by atoms with van der Waals surface area (Å²) in [5.74, 6) is -1.13. The topological polar surface area (TPSA) is 92.4 Å². The fourth-order valence-electron chi connectivity index (χ4n) is 1.77. The Morgan fingerprint density at radius 3 is 2.20 bits per heavy atom. The lowest BCUT2D eigenvalue weighted by molar-refractivity contribution is -0.141. The third-order valence-corrected chi connectivity index (χ3v) is 3.62. The number of nitrogens with two attached hydrogens (primary N) is 1. The van der Waals surface area contributed by atoms with E-state index in [2.05, 4.69) is 5.32 Å². The van der Waals surface area contributed by atoms with E-state index in [1.165, 1.54) is 0 Å². The summed E-state index contributed by atoms with van der Waals surface area (Å²) in [4.78, 5) is 22.5. The summed E-state index contributed by atoms with van der Waals surface area (Å²) in [6.45, 7) is 9.69. The van der Waals surface area contributed by atoms with E-state index in [9.17, 15) is 9.59 Å². The molecule has 0 aliphatic rings. The minimum absolute atomic E-state index is 0.0359. The van der Waals surface area contributed by atoms with Gasteiger partial charge in [0, 0.05) is 18.5 Å². The lowest BCUT2D eigenvalue weighted by Crippen LogP contribution is -2.42. The van der Waals surface area contributed by atoms with E-state index in [1.807, 2.05) is 27.7 Å². The molecular weight excluding hydrogens is 256 g/mol. The number of carboxylic acid groups (broad SMARTS) is 1. The van der Waals surface area contributed by atoms with Crippen LogP contribution in [0.1, 0.15) is 60.3 Å². The molecule has 0 aromatic heterocycles. The standard InChI is InChI=1S/C15H30N2O3/c1-10(14(19)20)7-6-8-11(2)17-13(18)9-12(16)15(3,4)5/h10-12H,6-9,16H2,1-5H3,(H,17,18)(H,19,20). The molecule has 0 radical (unpaired) electrons. The van der Waals surface area contributed by atoms with Crippen LogP contribution in [0.2, 0.25) is 0 Å². The van der Waals surface area contributed by atoms with Gasteiger partial charge in [0.15, 0.2) is 0 Å². The number of hydrogen-bond donors (Lipinski definition) is 3. The molecule has 0 fully saturated rings. The molecule has 3 atom stereocenters. The maximum absolute atomic E-state index is 11.8. The summed E-state index contributed by atoms with van der Waals surface area (Å²) in [7, 11) is 0. The first-order valence-corrected chi connectivity index (χ1v) is 7.31. The van der Waals surface area contributed by atoms with Gasteiger partial charge in [-0.3, -0.25) is 9.59 Å². The van der Waals surface area contributed by atoms with Crippen molar-refractivity contribution < 1.29 is 14.7 Å². The summed E-state index contributed by atoms with van der Waals surface area (Å²) in [6, 6.07) is -0.114. The van der Waals surface area contributed by atoms with Crippen LogP contribution >= 0.6 is 0 Å². The fraction of sp³-hybridized carbons (Fsp3) is 0.867. The zero-order valence-electron chi connectivity index (χ0n) is 13.4. The van der Waals surface area contributed by atoms with E-state index < -0.39 is 5.97 Å². The van der Waals surface area contributed by atoms with Crippen molar-refractivity contribution in [2.45, 2.75) is 72.4 Å². The van der Waals surface area contributed by atoms with Gasteiger partial charge in [-0.25, -0.2) is 0 Å². The Labute approximate surface area is 122 Å². The summed E-state index contributed by atoms with van der Waals surface area (Å²) in [6.07, 6.45) is 2.53. The van der Waals surface area contributed by atoms with Crippen LogP contribution < -0.4 is 11.1 Å². The van der Waals surface area contributed by atoms with Crippen molar-refractivity contribution in [2.24, 2.45) is 17.1 Å². The normalized spacial score (nSPS) is 16.3. The van der Waals surface area contributed by atoms with Crippen LogP contribution in [0, 0.1) is 11.3 Å². The van der Waals surface area contributed by atoms with Gasteiger partial charge in [-0.2, -0.15) is 0 Å². The van der Waals surface area contributed by atoms with Gasteiger partial charge in [-0.1, -0.05) is 34.1 Å². The second-order valence-corrected chi connectivity index (χ2v) is 6.82. The first-order chi connectivity index (χ1) is 9.04. The van der Waals surface area contributed by atoms with Gasteiger partial charge in [-0.15, -0.1) is 0 Å². The zero-order chi connectivity index (χ0) is 15.9. The van der Waals surface area contributed by atoms with E-state index in [-0.39, 0.29) is 29.3 Å². The smallest absolute Gasteiger partial charge is 0.306 e. The number of hydrogen-bond acceptors (Lipinski definition) is 3. The minimum Gasteiger partial charge on any atom is -0.481 e. The molecular formula is C15H30N2O3. The molecule has 0 aliphatic heterocycles. The molecule has 3 unspecified atom stereocenters. The number of aliphatic carboxylic acids is 1. The highest BCUT2D eigenvalue weighted by Gasteiger charge is 2.23. The Hall–Kier alpha value is -1.10. The Bertz CT molecular complexity index is 324. The Morgan fingerprint density at radius 2 is 1.75 bits per heavy atom. The molecule has 0 spiro atoms. The van der Waals surface area contributed by atoms with Gasteiger partial charge in [-0.05, 0) is 25.2 Å². The second-order valence-electron chi connectivity index (χ2n) is 6.82. The lowest BCUT2D eigenvalue weighted by atomic mass is 9.85. The summed E-state index contributed by atoms with van der Waals surface area (Å²) >= 11 is 0. The third kappa shape index (κ3) is 8.15. The molecule has 0 saturated carbocycles. The van der Waals surface area contributed by atoms with Crippen molar-refractivity contribution in [1.29, 1.82) is 0 Å². The molecule has 0 bridgehead atoms. The van der Waals surface area contributed by atoms with E-state index in [0.717, 1.165) is 12.8 Å². The Kier molecular flexibility index (Phi) is 7.79. The molecule has 5 heteroatoms. The molecule has 0 rings (SSSR count). The number of nitrogens with one attached hydrogen (secondary N) is 1. The zero-order valence-corrected chi connectivity index (χ0v) is 13.4. The highest BCUT2D eigenvalue weighted by Crippen LogP contribution is 2.19. The minimum atomic E-state index is -0.766. The number of rotatable bonds is 8. The molecule has 5 nitrogen and oxygen atoms in total. The van der Waals surface area contributed by atoms with Crippen LogP contribution in [0.3, 0.4) is 0 Å². The predicted octanol–water partition coefficient (Wildman–Crippen LogP) is 2.15. The fourth-order valence-corrected chi connectivity index (χ4v) is 1.77. The maximum Gasteiger partial charge on any atom is 0.306 e. The molecule has 4 N–H and O–H groups in total. The third-order valence-electron chi connectivity index (χ3n) is 3.62. The van der Waals surface area contributed by atoms with Gasteiger partial charge in [0.1, 0.15) is 0 Å². The Balaban J connectivity index is 3.94. The highest BCUT2D eigenvalue weighted by molar-refractivity contribution is 5.76. The molecule has 0 aromatic rings. The molecule has 0 aliphatic carbocycles. The maximum atomic E-state index is 11.8. The average molecular weight is 286 g/mol. The van der Waals surface area contributed by atoms with E-state index in [4.69, 9.17) is 10.8 Å². The van der Waals surface area contributed by atoms with Crippen LogP contribution in [0.5, 0.6) is 0 Å². The highest BCUT2D eigenvalue weighted by atomic mass is 16.4. The van der Waals surface area contributed by atoms with Gasteiger partial charge in [0.05, 0.1) is 5.92 Å². The van der Waals surface area contributed by atoms with Crippen molar-refractivity contribution in [3.05, 3.63) is 0 Å². The first-order valence-electron chi connectivity index (χ1n) is 7.31. The number of carboxylic acids is 1. The van der Waals surface area contributed by atoms with Crippen LogP contribution in [-0.2, 0) is 9.59 Å². The summed E-state index contributed by atoms with van der Waals surface area (Å²) in [5, 5.41) is 11.7. The van der Waals surface area contributed by atoms with Crippen molar-refractivity contribution >= 4 is 11.9 Å². The van der Waals surface area contributed by atoms with Crippen molar-refractivity contribution in [3.8, 4) is 0 Å². The van der Waals surface area contributed by atoms with Crippen LogP contribution in [0.15, 0.2) is 0 Å². The SMILES string of the molecule is CC(CCCC(C)C(=O)O)NC(=O)CC(N)C(C)(C)C. The molecule has 0 aromatic carbocycles. The van der Waals surface area contributed by atoms with E-state index >= 15 is 0 Å². The van der Waals surface area contributed by atoms with Crippen LogP contribution in [0.4, 0.5) is 0 Å². The molecule has 1 amide bonds. The molecule has 0 heterocycles. The van der Waals surface area contributed by atoms with Gasteiger partial charge in [0.2, 0.25) is 5.91 Å². The van der Waals surface area contributed by atoms with Gasteiger partial charge in [0.25, 0.3) is 0 Å². The monoisotopic (exact) mass is 286 g/mol. The number of carbonyl (C=O) groups is 2. The van der Waals surface area contributed by atoms with Crippen molar-refractivity contribution in [1.82, 2.24) is 5.32 Å². The van der Waals surface area contributed by atoms with E-state index in [1.54, 1.807) is 6.92 Å². The predicted molar refractivity (Wildman–Crippen MR) is 80.3 cm³/mol. The summed E-state index contributed by atoms with van der Waals surface area (Å²) in [5.41, 5.74) is 5.89. The largest absolute Gasteiger partial charge is 0.481 e. The molecule has 0 saturated heterocycles. The summed E-state index contributed by atoms with van der Waals surface area (Å²) < 4.78 is 0. The average Bonchev–Trinajstić information content (AvgIpc) is 2.26. The van der Waals surface area contributed by atoms with Crippen molar-refractivity contribution in [3.63, 3.8) is 0 Å². The van der Waals surface area contributed by atoms with Crippen LogP contribution in [0.25, 0.3) is 0 Å². The Morgan fingerprint density at radius 1 is 1.20 bits per heavy atom. The number of amides is 1. The van der Waals surface area contributed by atoms with E-state index in [0.29, 0.717) is 12.8 Å². The van der Waals surface area contributed by atoms with Gasteiger partial charge >= 0.3 is 5.97 Å².